The van der Waals surface area contributed by atoms with E-state index in [2.05, 4.69) is 10.6 Å². The molecule has 0 aliphatic rings. The third kappa shape index (κ3) is 4.86. The van der Waals surface area contributed by atoms with Crippen molar-refractivity contribution in [1.82, 2.24) is 5.32 Å². The quantitative estimate of drug-likeness (QED) is 0.801. The molecule has 22 heavy (non-hydrogen) atoms. The number of hydrogen-bond donors (Lipinski definition) is 2. The van der Waals surface area contributed by atoms with Gasteiger partial charge >= 0.3 is 0 Å². The van der Waals surface area contributed by atoms with Gasteiger partial charge in [-0.1, -0.05) is 13.0 Å². The fourth-order valence-corrected chi connectivity index (χ4v) is 2.39. The molecule has 0 atom stereocenters. The van der Waals surface area contributed by atoms with Crippen LogP contribution in [-0.2, 0) is 4.79 Å². The summed E-state index contributed by atoms with van der Waals surface area (Å²) < 4.78 is 0. The Kier molecular flexibility index (Phi) is 5.91. The van der Waals surface area contributed by atoms with Gasteiger partial charge in [0.2, 0.25) is 5.91 Å². The zero-order valence-electron chi connectivity index (χ0n) is 12.3. The van der Waals surface area contributed by atoms with E-state index in [4.69, 9.17) is 0 Å². The van der Waals surface area contributed by atoms with Gasteiger partial charge in [-0.2, -0.15) is 0 Å². The number of hydrogen-bond acceptors (Lipinski definition) is 3. The van der Waals surface area contributed by atoms with E-state index in [1.807, 2.05) is 24.4 Å². The number of carbonyl (C=O) groups is 2. The Balaban J connectivity index is 1.90. The normalized spacial score (nSPS) is 10.6. The Labute approximate surface area is 133 Å². The maximum atomic E-state index is 11.8. The summed E-state index contributed by atoms with van der Waals surface area (Å²) in [5.41, 5.74) is 1.24. The molecule has 0 radical (unpaired) electrons. The highest BCUT2D eigenvalue weighted by molar-refractivity contribution is 7.10. The Morgan fingerprint density at radius 2 is 1.95 bits per heavy atom. The van der Waals surface area contributed by atoms with Crippen LogP contribution in [0.3, 0.4) is 0 Å². The van der Waals surface area contributed by atoms with E-state index in [9.17, 15) is 9.59 Å². The Morgan fingerprint density at radius 1 is 1.18 bits per heavy atom. The molecule has 0 spiro atoms. The average molecular weight is 314 g/mol. The molecule has 0 fully saturated rings. The van der Waals surface area contributed by atoms with Crippen LogP contribution in [0, 0.1) is 0 Å². The lowest BCUT2D eigenvalue weighted by Gasteiger charge is -2.05. The zero-order chi connectivity index (χ0) is 15.8. The van der Waals surface area contributed by atoms with Crippen LogP contribution in [0.15, 0.2) is 47.9 Å². The molecule has 114 valence electrons. The second kappa shape index (κ2) is 8.14. The molecule has 0 saturated carbocycles. The maximum absolute atomic E-state index is 11.8. The first-order valence-electron chi connectivity index (χ1n) is 7.10. The smallest absolute Gasteiger partial charge is 0.251 e. The number of thiophene rings is 1. The highest BCUT2D eigenvalue weighted by Gasteiger charge is 2.04. The van der Waals surface area contributed by atoms with Gasteiger partial charge in [0.15, 0.2) is 0 Å². The molecule has 0 aliphatic heterocycles. The van der Waals surface area contributed by atoms with Gasteiger partial charge in [0, 0.05) is 28.7 Å². The lowest BCUT2D eigenvalue weighted by molar-refractivity contribution is -0.111. The predicted molar refractivity (Wildman–Crippen MR) is 91.0 cm³/mol. The minimum Gasteiger partial charge on any atom is -0.352 e. The molecule has 1 heterocycles. The first-order chi connectivity index (χ1) is 10.7. The average Bonchev–Trinajstić information content (AvgIpc) is 3.05. The highest BCUT2D eigenvalue weighted by atomic mass is 32.1. The molecule has 0 saturated heterocycles. The van der Waals surface area contributed by atoms with Crippen molar-refractivity contribution >= 4 is 34.9 Å². The van der Waals surface area contributed by atoms with Crippen molar-refractivity contribution in [2.24, 2.45) is 0 Å². The molecule has 2 amide bonds. The zero-order valence-corrected chi connectivity index (χ0v) is 13.2. The number of amides is 2. The molecule has 2 rings (SSSR count). The summed E-state index contributed by atoms with van der Waals surface area (Å²) in [6.07, 6.45) is 4.16. The number of nitrogens with one attached hydrogen (secondary N) is 2. The highest BCUT2D eigenvalue weighted by Crippen LogP contribution is 2.12. The van der Waals surface area contributed by atoms with Crippen molar-refractivity contribution < 1.29 is 9.59 Å². The predicted octanol–water partition coefficient (Wildman–Crippen LogP) is 3.54. The molecule has 1 aromatic carbocycles. The van der Waals surface area contributed by atoms with Crippen LogP contribution >= 0.6 is 11.3 Å². The van der Waals surface area contributed by atoms with E-state index < -0.39 is 0 Å². The molecule has 0 unspecified atom stereocenters. The van der Waals surface area contributed by atoms with E-state index in [0.29, 0.717) is 17.8 Å². The SMILES string of the molecule is CCCNC(=O)c1ccc(NC(=O)/C=C/c2cccs2)cc1. The fourth-order valence-electron chi connectivity index (χ4n) is 1.77. The topological polar surface area (TPSA) is 58.2 Å². The maximum Gasteiger partial charge on any atom is 0.251 e. The third-order valence-corrected chi connectivity index (χ3v) is 3.73. The van der Waals surface area contributed by atoms with Crippen LogP contribution < -0.4 is 10.6 Å². The van der Waals surface area contributed by atoms with Crippen molar-refractivity contribution in [1.29, 1.82) is 0 Å². The summed E-state index contributed by atoms with van der Waals surface area (Å²) in [6, 6.07) is 10.7. The van der Waals surface area contributed by atoms with Crippen LogP contribution in [0.1, 0.15) is 28.6 Å². The molecule has 0 aliphatic carbocycles. The Bertz CT molecular complexity index is 646. The molecule has 0 bridgehead atoms. The lowest BCUT2D eigenvalue weighted by atomic mass is 10.2. The molecule has 2 N–H and O–H groups in total. The van der Waals surface area contributed by atoms with Crippen molar-refractivity contribution in [3.8, 4) is 0 Å². The van der Waals surface area contributed by atoms with Gasteiger partial charge in [-0.15, -0.1) is 11.3 Å². The third-order valence-electron chi connectivity index (χ3n) is 2.89. The lowest BCUT2D eigenvalue weighted by Crippen LogP contribution is -2.23. The Morgan fingerprint density at radius 3 is 2.59 bits per heavy atom. The largest absolute Gasteiger partial charge is 0.352 e. The minimum absolute atomic E-state index is 0.0997. The van der Waals surface area contributed by atoms with E-state index in [1.54, 1.807) is 41.7 Å². The monoisotopic (exact) mass is 314 g/mol. The fraction of sp³-hybridized carbons (Fsp3) is 0.176. The summed E-state index contributed by atoms with van der Waals surface area (Å²) in [6.45, 7) is 2.66. The van der Waals surface area contributed by atoms with Gasteiger partial charge in [0.25, 0.3) is 5.91 Å². The molecular formula is C17H18N2O2S. The van der Waals surface area contributed by atoms with Crippen molar-refractivity contribution in [3.63, 3.8) is 0 Å². The van der Waals surface area contributed by atoms with Crippen molar-refractivity contribution in [2.45, 2.75) is 13.3 Å². The number of carbonyl (C=O) groups excluding carboxylic acids is 2. The molecule has 5 heteroatoms. The summed E-state index contributed by atoms with van der Waals surface area (Å²) in [4.78, 5) is 24.6. The van der Waals surface area contributed by atoms with Gasteiger partial charge in [0.1, 0.15) is 0 Å². The van der Waals surface area contributed by atoms with E-state index in [0.717, 1.165) is 11.3 Å². The Hall–Kier alpha value is -2.40. The molecule has 4 nitrogen and oxygen atoms in total. The second-order valence-electron chi connectivity index (χ2n) is 4.67. The molecular weight excluding hydrogens is 296 g/mol. The van der Waals surface area contributed by atoms with E-state index >= 15 is 0 Å². The molecule has 1 aromatic heterocycles. The standard InChI is InChI=1S/C17H18N2O2S/c1-2-11-18-17(21)13-5-7-14(8-6-13)19-16(20)10-9-15-4-3-12-22-15/h3-10,12H,2,11H2,1H3,(H,18,21)(H,19,20)/b10-9+. The first kappa shape index (κ1) is 16.0. The van der Waals surface area contributed by atoms with E-state index in [1.165, 1.54) is 6.08 Å². The van der Waals surface area contributed by atoms with Crippen LogP contribution in [0.25, 0.3) is 6.08 Å². The van der Waals surface area contributed by atoms with Crippen LogP contribution in [-0.4, -0.2) is 18.4 Å². The number of anilines is 1. The number of rotatable bonds is 6. The summed E-state index contributed by atoms with van der Waals surface area (Å²) in [7, 11) is 0. The van der Waals surface area contributed by atoms with Crippen LogP contribution in [0.4, 0.5) is 5.69 Å². The summed E-state index contributed by atoms with van der Waals surface area (Å²) >= 11 is 1.57. The van der Waals surface area contributed by atoms with Gasteiger partial charge in [0.05, 0.1) is 0 Å². The second-order valence-corrected chi connectivity index (χ2v) is 5.65. The minimum atomic E-state index is -0.198. The summed E-state index contributed by atoms with van der Waals surface area (Å²) in [5.74, 6) is -0.297. The van der Waals surface area contributed by atoms with Crippen LogP contribution in [0.5, 0.6) is 0 Å². The van der Waals surface area contributed by atoms with Crippen LogP contribution in [0.2, 0.25) is 0 Å². The number of benzene rings is 1. The van der Waals surface area contributed by atoms with E-state index in [-0.39, 0.29) is 11.8 Å². The van der Waals surface area contributed by atoms with Gasteiger partial charge < -0.3 is 10.6 Å². The molecule has 2 aromatic rings. The van der Waals surface area contributed by atoms with Crippen molar-refractivity contribution in [3.05, 3.63) is 58.3 Å². The van der Waals surface area contributed by atoms with Crippen molar-refractivity contribution in [2.75, 3.05) is 11.9 Å². The van der Waals surface area contributed by atoms with Gasteiger partial charge in [-0.05, 0) is 48.2 Å². The summed E-state index contributed by atoms with van der Waals surface area (Å²) in [5, 5.41) is 7.53. The first-order valence-corrected chi connectivity index (χ1v) is 7.98. The van der Waals surface area contributed by atoms with Gasteiger partial charge in [-0.3, -0.25) is 9.59 Å². The van der Waals surface area contributed by atoms with Gasteiger partial charge in [-0.25, -0.2) is 0 Å².